The predicted octanol–water partition coefficient (Wildman–Crippen LogP) is 1.27. The van der Waals surface area contributed by atoms with E-state index in [1.54, 1.807) is 19.2 Å². The van der Waals surface area contributed by atoms with Crippen molar-refractivity contribution in [3.8, 4) is 5.75 Å². The fourth-order valence-electron chi connectivity index (χ4n) is 1.54. The summed E-state index contributed by atoms with van der Waals surface area (Å²) in [5.74, 6) is 0.342. The van der Waals surface area contributed by atoms with Crippen LogP contribution in [-0.4, -0.2) is 26.5 Å². The van der Waals surface area contributed by atoms with Gasteiger partial charge < -0.3 is 14.5 Å². The number of ether oxygens (including phenoxy) is 1. The first-order chi connectivity index (χ1) is 8.15. The van der Waals surface area contributed by atoms with Crippen LogP contribution >= 0.6 is 11.3 Å². The molecule has 2 rings (SSSR count). The van der Waals surface area contributed by atoms with Crippen molar-refractivity contribution in [3.63, 3.8) is 0 Å². The maximum absolute atomic E-state index is 11.8. The molecule has 0 aliphatic rings. The molecule has 2 aromatic rings. The minimum absolute atomic E-state index is 0.111. The average Bonchev–Trinajstić information content (AvgIpc) is 2.66. The highest BCUT2D eigenvalue weighted by molar-refractivity contribution is 7.16. The molecule has 0 aliphatic heterocycles. The van der Waals surface area contributed by atoms with E-state index >= 15 is 0 Å². The lowest BCUT2D eigenvalue weighted by molar-refractivity contribution is 0.0990. The van der Waals surface area contributed by atoms with Crippen LogP contribution in [-0.2, 0) is 0 Å². The Morgan fingerprint density at radius 2 is 2.29 bits per heavy atom. The molecular formula is C11H11NO4S. The Balaban J connectivity index is 2.59. The number of benzene rings is 1. The number of hydrogen-bond donors (Lipinski definition) is 1. The highest BCUT2D eigenvalue weighted by Gasteiger charge is 2.15. The molecule has 5 nitrogen and oxygen atoms in total. The van der Waals surface area contributed by atoms with Gasteiger partial charge in [-0.2, -0.15) is 0 Å². The van der Waals surface area contributed by atoms with E-state index in [1.807, 2.05) is 0 Å². The van der Waals surface area contributed by atoms with Crippen LogP contribution < -0.4 is 15.0 Å². The first-order valence-corrected chi connectivity index (χ1v) is 5.77. The maximum Gasteiger partial charge on any atom is 0.396 e. The van der Waals surface area contributed by atoms with Gasteiger partial charge in [0.2, 0.25) is 0 Å². The van der Waals surface area contributed by atoms with E-state index in [0.717, 1.165) is 11.3 Å². The minimum atomic E-state index is -0.389. The largest absolute Gasteiger partial charge is 0.496 e. The van der Waals surface area contributed by atoms with Gasteiger partial charge in [-0.1, -0.05) is 11.3 Å². The second-order valence-electron chi connectivity index (χ2n) is 3.41. The number of methoxy groups -OCH3 is 1. The molecule has 0 atom stereocenters. The van der Waals surface area contributed by atoms with Crippen LogP contribution in [0.1, 0.15) is 10.4 Å². The van der Waals surface area contributed by atoms with E-state index in [1.165, 1.54) is 7.11 Å². The van der Waals surface area contributed by atoms with Crippen LogP contribution in [0.3, 0.4) is 0 Å². The number of ketones is 1. The van der Waals surface area contributed by atoms with E-state index in [9.17, 15) is 9.59 Å². The Hall–Kier alpha value is -1.66. The van der Waals surface area contributed by atoms with Gasteiger partial charge in [0.25, 0.3) is 0 Å². The molecule has 6 heteroatoms. The summed E-state index contributed by atoms with van der Waals surface area (Å²) in [6.45, 7) is 0.205. The average molecular weight is 253 g/mol. The summed E-state index contributed by atoms with van der Waals surface area (Å²) in [6.07, 6.45) is 0. The number of hydrogen-bond acceptors (Lipinski definition) is 6. The van der Waals surface area contributed by atoms with Crippen molar-refractivity contribution < 1.29 is 13.9 Å². The normalized spacial score (nSPS) is 10.7. The molecule has 0 saturated carbocycles. The number of nitrogens with one attached hydrogen (secondary N) is 1. The zero-order valence-corrected chi connectivity index (χ0v) is 10.2. The van der Waals surface area contributed by atoms with Gasteiger partial charge in [-0.3, -0.25) is 4.79 Å². The quantitative estimate of drug-likeness (QED) is 0.831. The van der Waals surface area contributed by atoms with Crippen molar-refractivity contribution >= 4 is 27.4 Å². The van der Waals surface area contributed by atoms with Gasteiger partial charge in [-0.25, -0.2) is 4.79 Å². The summed E-state index contributed by atoms with van der Waals surface area (Å²) in [5.41, 5.74) is 0.830. The topological polar surface area (TPSA) is 68.5 Å². The fraction of sp³-hybridized carbons (Fsp3) is 0.273. The highest BCUT2D eigenvalue weighted by atomic mass is 32.1. The second-order valence-corrected chi connectivity index (χ2v) is 4.38. The first-order valence-electron chi connectivity index (χ1n) is 4.95. The van der Waals surface area contributed by atoms with Gasteiger partial charge in [0.1, 0.15) is 5.75 Å². The molecular weight excluding hydrogens is 242 g/mol. The number of Topliss-reactive ketones (excluding diaryl/α,β-unsaturated/α-hetero) is 1. The molecule has 1 aromatic carbocycles. The molecule has 0 radical (unpaired) electrons. The van der Waals surface area contributed by atoms with Crippen LogP contribution in [0, 0.1) is 0 Å². The number of rotatable bonds is 4. The molecule has 0 unspecified atom stereocenters. The van der Waals surface area contributed by atoms with Gasteiger partial charge in [0.15, 0.2) is 11.4 Å². The smallest absolute Gasteiger partial charge is 0.396 e. The summed E-state index contributed by atoms with van der Waals surface area (Å²) in [7, 11) is 3.17. The molecule has 0 amide bonds. The van der Waals surface area contributed by atoms with Gasteiger partial charge in [0, 0.05) is 6.07 Å². The van der Waals surface area contributed by atoms with Crippen LogP contribution in [0.5, 0.6) is 5.75 Å². The van der Waals surface area contributed by atoms with Crippen molar-refractivity contribution in [2.75, 3.05) is 20.7 Å². The molecule has 1 aromatic heterocycles. The second kappa shape index (κ2) is 4.68. The van der Waals surface area contributed by atoms with Crippen molar-refractivity contribution in [2.24, 2.45) is 0 Å². The van der Waals surface area contributed by atoms with E-state index < -0.39 is 0 Å². The van der Waals surface area contributed by atoms with Crippen LogP contribution in [0.25, 0.3) is 10.3 Å². The maximum atomic E-state index is 11.8. The van der Waals surface area contributed by atoms with Gasteiger partial charge in [-0.05, 0) is 13.1 Å². The van der Waals surface area contributed by atoms with E-state index in [4.69, 9.17) is 9.15 Å². The number of carbonyl (C=O) groups is 1. The van der Waals surface area contributed by atoms with Gasteiger partial charge >= 0.3 is 4.94 Å². The standard InChI is InChI=1S/C11H11NO4S/c1-12-5-7(13)6-3-9-10(4-8(6)15-2)17-11(14)16-9/h3-4,12H,5H2,1-2H3. The zero-order valence-electron chi connectivity index (χ0n) is 9.40. The third-order valence-corrected chi connectivity index (χ3v) is 3.08. The third-order valence-electron chi connectivity index (χ3n) is 2.29. The number of fused-ring (bicyclic) bond motifs is 1. The van der Waals surface area contributed by atoms with E-state index in [0.29, 0.717) is 21.6 Å². The third kappa shape index (κ3) is 2.22. The molecule has 0 saturated heterocycles. The lowest BCUT2D eigenvalue weighted by atomic mass is 10.1. The SMILES string of the molecule is CNCC(=O)c1cc2oc(=O)sc2cc1OC. The summed E-state index contributed by atoms with van der Waals surface area (Å²) in [4.78, 5) is 22.5. The van der Waals surface area contributed by atoms with Crippen molar-refractivity contribution in [1.82, 2.24) is 5.32 Å². The Labute approximate surface area is 101 Å². The van der Waals surface area contributed by atoms with Crippen molar-refractivity contribution in [2.45, 2.75) is 0 Å². The van der Waals surface area contributed by atoms with E-state index in [2.05, 4.69) is 5.32 Å². The van der Waals surface area contributed by atoms with Crippen LogP contribution in [0.4, 0.5) is 0 Å². The van der Waals surface area contributed by atoms with Crippen molar-refractivity contribution in [3.05, 3.63) is 27.4 Å². The Morgan fingerprint density at radius 1 is 1.53 bits per heavy atom. The number of likely N-dealkylation sites (N-methyl/N-ethyl adjacent to an activating group) is 1. The Bertz CT molecular complexity index is 613. The van der Waals surface area contributed by atoms with Gasteiger partial charge in [-0.15, -0.1) is 0 Å². The summed E-state index contributed by atoms with van der Waals surface area (Å²) in [5, 5.41) is 2.78. The number of carbonyl (C=O) groups excluding carboxylic acids is 1. The molecule has 0 bridgehead atoms. The summed E-state index contributed by atoms with van der Waals surface area (Å²) >= 11 is 0.986. The first kappa shape index (κ1) is 11.8. The van der Waals surface area contributed by atoms with E-state index in [-0.39, 0.29) is 17.3 Å². The lowest BCUT2D eigenvalue weighted by Gasteiger charge is -2.06. The zero-order chi connectivity index (χ0) is 12.4. The van der Waals surface area contributed by atoms with Crippen molar-refractivity contribution in [1.29, 1.82) is 0 Å². The van der Waals surface area contributed by atoms with Crippen LogP contribution in [0.15, 0.2) is 21.3 Å². The Kier molecular flexibility index (Phi) is 3.26. The minimum Gasteiger partial charge on any atom is -0.496 e. The molecule has 1 heterocycles. The van der Waals surface area contributed by atoms with Gasteiger partial charge in [0.05, 0.1) is 23.9 Å². The predicted molar refractivity (Wildman–Crippen MR) is 65.2 cm³/mol. The highest BCUT2D eigenvalue weighted by Crippen LogP contribution is 2.27. The Morgan fingerprint density at radius 3 is 2.94 bits per heavy atom. The molecule has 90 valence electrons. The summed E-state index contributed by atoms with van der Waals surface area (Å²) < 4.78 is 10.8. The molecule has 0 fully saturated rings. The molecule has 17 heavy (non-hydrogen) atoms. The summed E-state index contributed by atoms with van der Waals surface area (Å²) in [6, 6.07) is 3.19. The fourth-order valence-corrected chi connectivity index (χ4v) is 2.22. The van der Waals surface area contributed by atoms with Crippen LogP contribution in [0.2, 0.25) is 0 Å². The molecule has 0 aliphatic carbocycles. The molecule has 1 N–H and O–H groups in total. The molecule has 0 spiro atoms. The lowest BCUT2D eigenvalue weighted by Crippen LogP contribution is -2.19. The monoisotopic (exact) mass is 253 g/mol.